The molecule has 0 spiro atoms. The third kappa shape index (κ3) is 3.61. The molecule has 4 saturated heterocycles. The molecule has 0 aliphatic carbocycles. The van der Waals surface area contributed by atoms with Crippen molar-refractivity contribution in [3.05, 3.63) is 23.9 Å². The highest BCUT2D eigenvalue weighted by Gasteiger charge is 2.35. The molecule has 2 aromatic rings. The number of benzene rings is 1. The van der Waals surface area contributed by atoms with E-state index in [4.69, 9.17) is 4.74 Å². The van der Waals surface area contributed by atoms with Gasteiger partial charge in [0.2, 0.25) is 0 Å². The van der Waals surface area contributed by atoms with Crippen LogP contribution in [0, 0.1) is 5.92 Å². The maximum atomic E-state index is 12.9. The number of ether oxygens (including phenoxy) is 1. The van der Waals surface area contributed by atoms with Crippen LogP contribution in [-0.2, 0) is 4.74 Å². The van der Waals surface area contributed by atoms with Crippen molar-refractivity contribution in [2.75, 3.05) is 44.7 Å². The molecule has 1 aromatic heterocycles. The van der Waals surface area contributed by atoms with Crippen LogP contribution in [-0.4, -0.2) is 67.2 Å². The van der Waals surface area contributed by atoms with Crippen molar-refractivity contribution in [3.8, 4) is 0 Å². The number of fused-ring (bicyclic) bond motifs is 4. The van der Waals surface area contributed by atoms with Gasteiger partial charge in [-0.05, 0) is 68.0 Å². The summed E-state index contributed by atoms with van der Waals surface area (Å²) in [5.41, 5.74) is 1.77. The number of nitrogens with one attached hydrogen (secondary N) is 1. The normalized spacial score (nSPS) is 29.1. The first kappa shape index (κ1) is 19.9. The maximum absolute atomic E-state index is 12.9. The Kier molecular flexibility index (Phi) is 5.78. The van der Waals surface area contributed by atoms with Crippen LogP contribution in [0.15, 0.2) is 18.2 Å². The zero-order valence-corrected chi connectivity index (χ0v) is 17.7. The molecule has 152 valence electrons. The van der Waals surface area contributed by atoms with Gasteiger partial charge >= 0.3 is 0 Å². The van der Waals surface area contributed by atoms with Crippen molar-refractivity contribution >= 4 is 45.6 Å². The van der Waals surface area contributed by atoms with E-state index in [1.165, 1.54) is 43.2 Å². The molecule has 5 heterocycles. The zero-order chi connectivity index (χ0) is 18.4. The molecule has 1 N–H and O–H groups in total. The number of carbonyl (C=O) groups is 1. The third-order valence-corrected chi connectivity index (χ3v) is 7.30. The van der Waals surface area contributed by atoms with Crippen molar-refractivity contribution in [2.24, 2.45) is 5.92 Å². The number of anilines is 1. The second kappa shape index (κ2) is 8.14. The molecule has 4 aliphatic heterocycles. The molecular weight excluding hydrogens is 396 g/mol. The largest absolute Gasteiger partial charge is 0.380 e. The summed E-state index contributed by atoms with van der Waals surface area (Å²) >= 11 is 1.42. The first-order chi connectivity index (χ1) is 13.2. The quantitative estimate of drug-likeness (QED) is 0.821. The molecule has 2 atom stereocenters. The Morgan fingerprint density at radius 1 is 1.21 bits per heavy atom. The SMILES string of the molecule is COC1CCN(c2ccc3c(C(=O)N[C@@H]4CN5CCC4CC5)nsc3c2)C1.Cl. The lowest BCUT2D eigenvalue weighted by atomic mass is 9.84. The van der Waals surface area contributed by atoms with Crippen molar-refractivity contribution in [3.63, 3.8) is 0 Å². The van der Waals surface area contributed by atoms with E-state index in [9.17, 15) is 4.79 Å². The van der Waals surface area contributed by atoms with Crippen LogP contribution in [0.3, 0.4) is 0 Å². The molecule has 0 saturated carbocycles. The number of halogens is 1. The molecule has 28 heavy (non-hydrogen) atoms. The highest BCUT2D eigenvalue weighted by molar-refractivity contribution is 7.13. The van der Waals surface area contributed by atoms with E-state index >= 15 is 0 Å². The van der Waals surface area contributed by atoms with Crippen LogP contribution in [0.4, 0.5) is 5.69 Å². The number of amides is 1. The van der Waals surface area contributed by atoms with Gasteiger partial charge in [-0.1, -0.05) is 0 Å². The van der Waals surface area contributed by atoms with Crippen molar-refractivity contribution in [1.82, 2.24) is 14.6 Å². The number of hydrogen-bond acceptors (Lipinski definition) is 6. The topological polar surface area (TPSA) is 57.7 Å². The minimum absolute atomic E-state index is 0. The summed E-state index contributed by atoms with van der Waals surface area (Å²) < 4.78 is 11.0. The van der Waals surface area contributed by atoms with Gasteiger partial charge in [-0.25, -0.2) is 0 Å². The van der Waals surface area contributed by atoms with E-state index < -0.39 is 0 Å². The summed E-state index contributed by atoms with van der Waals surface area (Å²) in [6.07, 6.45) is 3.77. The monoisotopic (exact) mass is 422 g/mol. The summed E-state index contributed by atoms with van der Waals surface area (Å²) in [5.74, 6) is 0.604. The van der Waals surface area contributed by atoms with Crippen LogP contribution in [0.25, 0.3) is 10.1 Å². The lowest BCUT2D eigenvalue weighted by Crippen LogP contribution is -2.57. The average molecular weight is 423 g/mol. The first-order valence-corrected chi connectivity index (χ1v) is 10.7. The van der Waals surface area contributed by atoms with E-state index in [1.807, 2.05) is 0 Å². The molecule has 6 nitrogen and oxygen atoms in total. The van der Waals surface area contributed by atoms with Crippen LogP contribution in [0.2, 0.25) is 0 Å². The molecule has 1 aromatic carbocycles. The molecule has 4 fully saturated rings. The first-order valence-electron chi connectivity index (χ1n) is 9.91. The Morgan fingerprint density at radius 2 is 2.04 bits per heavy atom. The van der Waals surface area contributed by atoms with Gasteiger partial charge < -0.3 is 19.9 Å². The Bertz CT molecular complexity index is 852. The molecule has 0 radical (unpaired) electrons. The van der Waals surface area contributed by atoms with E-state index in [2.05, 4.69) is 37.7 Å². The number of methoxy groups -OCH3 is 1. The van der Waals surface area contributed by atoms with Gasteiger partial charge in [-0.15, -0.1) is 12.4 Å². The van der Waals surface area contributed by atoms with Crippen LogP contribution in [0.1, 0.15) is 29.8 Å². The molecule has 4 aliphatic rings. The lowest BCUT2D eigenvalue weighted by molar-refractivity contribution is 0.0619. The van der Waals surface area contributed by atoms with Gasteiger partial charge in [0.15, 0.2) is 0 Å². The minimum Gasteiger partial charge on any atom is -0.380 e. The van der Waals surface area contributed by atoms with Gasteiger partial charge in [0.05, 0.1) is 10.8 Å². The van der Waals surface area contributed by atoms with Gasteiger partial charge in [0, 0.05) is 43.9 Å². The number of rotatable bonds is 4. The average Bonchev–Trinajstić information content (AvgIpc) is 3.35. The summed E-state index contributed by atoms with van der Waals surface area (Å²) in [6, 6.07) is 6.60. The van der Waals surface area contributed by atoms with E-state index in [1.54, 1.807) is 7.11 Å². The number of aromatic nitrogens is 1. The third-order valence-electron chi connectivity index (χ3n) is 6.49. The standard InChI is InChI=1S/C20H26N4O2S.ClH/c1-26-15-6-9-24(11-15)14-2-3-16-18(10-14)27-22-19(16)20(25)21-17-12-23-7-4-13(17)5-8-23;/h2-3,10,13,15,17H,4-9,11-12H2,1H3,(H,21,25);1H/t15?,17-;/m1./s1. The number of piperidine rings is 3. The van der Waals surface area contributed by atoms with Crippen LogP contribution in [0.5, 0.6) is 0 Å². The Morgan fingerprint density at radius 3 is 2.71 bits per heavy atom. The summed E-state index contributed by atoms with van der Waals surface area (Å²) in [7, 11) is 1.78. The highest BCUT2D eigenvalue weighted by atomic mass is 35.5. The van der Waals surface area contributed by atoms with Gasteiger partial charge in [0.25, 0.3) is 5.91 Å². The minimum atomic E-state index is -0.0200. The van der Waals surface area contributed by atoms with E-state index in [0.717, 1.165) is 36.1 Å². The Labute approximate surface area is 175 Å². The maximum Gasteiger partial charge on any atom is 0.271 e. The van der Waals surface area contributed by atoms with E-state index in [0.29, 0.717) is 17.7 Å². The van der Waals surface area contributed by atoms with Crippen molar-refractivity contribution in [2.45, 2.75) is 31.4 Å². The van der Waals surface area contributed by atoms with Crippen LogP contribution >= 0.6 is 23.9 Å². The Hall–Kier alpha value is -1.41. The molecule has 8 heteroatoms. The second-order valence-electron chi connectivity index (χ2n) is 8.02. The summed E-state index contributed by atoms with van der Waals surface area (Å²) in [5, 5.41) is 4.23. The molecular formula is C20H27ClN4O2S. The van der Waals surface area contributed by atoms with Crippen LogP contribution < -0.4 is 10.2 Å². The Balaban J connectivity index is 0.00000192. The fourth-order valence-corrected chi connectivity index (χ4v) is 5.61. The van der Waals surface area contributed by atoms with Gasteiger partial charge in [0.1, 0.15) is 5.69 Å². The molecule has 2 bridgehead atoms. The molecule has 1 unspecified atom stereocenters. The second-order valence-corrected chi connectivity index (χ2v) is 8.83. The highest BCUT2D eigenvalue weighted by Crippen LogP contribution is 2.31. The lowest BCUT2D eigenvalue weighted by Gasteiger charge is -2.44. The zero-order valence-electron chi connectivity index (χ0n) is 16.1. The summed E-state index contributed by atoms with van der Waals surface area (Å²) in [4.78, 5) is 17.7. The number of carbonyl (C=O) groups excluding carboxylic acids is 1. The van der Waals surface area contributed by atoms with Crippen molar-refractivity contribution in [1.29, 1.82) is 0 Å². The predicted molar refractivity (Wildman–Crippen MR) is 115 cm³/mol. The number of hydrogen-bond donors (Lipinski definition) is 1. The van der Waals surface area contributed by atoms with Gasteiger partial charge in [-0.3, -0.25) is 4.79 Å². The molecule has 1 amide bonds. The van der Waals surface area contributed by atoms with Crippen molar-refractivity contribution < 1.29 is 9.53 Å². The smallest absolute Gasteiger partial charge is 0.271 e. The fourth-order valence-electron chi connectivity index (χ4n) is 4.81. The summed E-state index contributed by atoms with van der Waals surface area (Å²) in [6.45, 7) is 5.28. The van der Waals surface area contributed by atoms with Gasteiger partial charge in [-0.2, -0.15) is 4.37 Å². The van der Waals surface area contributed by atoms with E-state index in [-0.39, 0.29) is 24.4 Å². The fraction of sp³-hybridized carbons (Fsp3) is 0.600. The number of nitrogens with zero attached hydrogens (tertiary/aromatic N) is 3. The molecule has 6 rings (SSSR count). The predicted octanol–water partition coefficient (Wildman–Crippen LogP) is 2.77.